The Balaban J connectivity index is 2.70. The third-order valence-corrected chi connectivity index (χ3v) is 3.85. The fourth-order valence-corrected chi connectivity index (χ4v) is 2.16. The normalized spacial score (nSPS) is 11.1. The molecule has 0 aliphatic heterocycles. The predicted octanol–water partition coefficient (Wildman–Crippen LogP) is 2.08. The summed E-state index contributed by atoms with van der Waals surface area (Å²) in [6.45, 7) is 6.70. The third kappa shape index (κ3) is 4.04. The van der Waals surface area contributed by atoms with Crippen LogP contribution in [0.15, 0.2) is 4.47 Å². The molecule has 0 amide bonds. The minimum Gasteiger partial charge on any atom is -0.393 e. The zero-order valence-electron chi connectivity index (χ0n) is 10.5. The second kappa shape index (κ2) is 6.47. The number of nitrogens with two attached hydrogens (primary N) is 1. The molecule has 6 heteroatoms. The lowest BCUT2D eigenvalue weighted by Crippen LogP contribution is -2.24. The lowest BCUT2D eigenvalue weighted by atomic mass is 10.3. The van der Waals surface area contributed by atoms with E-state index in [4.69, 9.17) is 18.0 Å². The number of hydrogen-bond donors (Lipinski definition) is 1. The fourth-order valence-electron chi connectivity index (χ4n) is 1.66. The van der Waals surface area contributed by atoms with E-state index in [0.29, 0.717) is 4.99 Å². The van der Waals surface area contributed by atoms with E-state index in [-0.39, 0.29) is 0 Å². The molecule has 1 heterocycles. The van der Waals surface area contributed by atoms with E-state index in [0.717, 1.165) is 36.2 Å². The molecule has 4 nitrogen and oxygen atoms in total. The van der Waals surface area contributed by atoms with Crippen LogP contribution in [0.1, 0.15) is 24.7 Å². The molecule has 1 rings (SSSR count). The Bertz CT molecular complexity index is 402. The van der Waals surface area contributed by atoms with Crippen molar-refractivity contribution in [2.45, 2.75) is 33.4 Å². The van der Waals surface area contributed by atoms with E-state index in [1.54, 1.807) is 0 Å². The van der Waals surface area contributed by atoms with Crippen LogP contribution < -0.4 is 5.73 Å². The second-order valence-electron chi connectivity index (χ2n) is 4.12. The molecule has 0 atom stereocenters. The molecule has 2 N–H and O–H groups in total. The van der Waals surface area contributed by atoms with Crippen molar-refractivity contribution < 1.29 is 0 Å². The highest BCUT2D eigenvalue weighted by Gasteiger charge is 2.13. The van der Waals surface area contributed by atoms with Crippen molar-refractivity contribution in [1.29, 1.82) is 0 Å². The summed E-state index contributed by atoms with van der Waals surface area (Å²) in [5, 5.41) is 4.47. The van der Waals surface area contributed by atoms with E-state index in [1.807, 2.05) is 11.6 Å². The smallest absolute Gasteiger partial charge is 0.0740 e. The molecule has 0 aliphatic rings. The minimum absolute atomic E-state index is 0.566. The molecule has 0 aliphatic carbocycles. The van der Waals surface area contributed by atoms with Gasteiger partial charge in [0.05, 0.1) is 20.8 Å². The van der Waals surface area contributed by atoms with Gasteiger partial charge in [-0.2, -0.15) is 5.10 Å². The van der Waals surface area contributed by atoms with E-state index in [1.165, 1.54) is 5.69 Å². The fraction of sp³-hybridized carbons (Fsp3) is 0.636. The average molecular weight is 319 g/mol. The highest BCUT2D eigenvalue weighted by Crippen LogP contribution is 2.22. The summed E-state index contributed by atoms with van der Waals surface area (Å²) in [4.78, 5) is 2.77. The van der Waals surface area contributed by atoms with E-state index < -0.39 is 0 Å². The number of hydrogen-bond acceptors (Lipinski definition) is 3. The molecule has 0 radical (unpaired) electrons. The molecule has 0 fully saturated rings. The Morgan fingerprint density at radius 1 is 1.59 bits per heavy atom. The van der Waals surface area contributed by atoms with Gasteiger partial charge in [-0.1, -0.05) is 12.2 Å². The topological polar surface area (TPSA) is 47.1 Å². The summed E-state index contributed by atoms with van der Waals surface area (Å²) in [7, 11) is 2.06. The zero-order chi connectivity index (χ0) is 13.0. The molecule has 17 heavy (non-hydrogen) atoms. The summed E-state index contributed by atoms with van der Waals surface area (Å²) < 4.78 is 3.12. The number of aromatic nitrogens is 2. The van der Waals surface area contributed by atoms with Gasteiger partial charge >= 0.3 is 0 Å². The van der Waals surface area contributed by atoms with Crippen LogP contribution in [0.25, 0.3) is 0 Å². The SMILES string of the molecule is CCn1nc(C)c(Br)c1CN(C)CCC(N)=S. The quantitative estimate of drug-likeness (QED) is 0.816. The first-order chi connectivity index (χ1) is 7.95. The van der Waals surface area contributed by atoms with Crippen LogP contribution in [0.5, 0.6) is 0 Å². The lowest BCUT2D eigenvalue weighted by molar-refractivity contribution is 0.324. The number of aryl methyl sites for hydroxylation is 2. The Morgan fingerprint density at radius 2 is 2.24 bits per heavy atom. The van der Waals surface area contributed by atoms with Crippen molar-refractivity contribution in [2.75, 3.05) is 13.6 Å². The molecule has 0 saturated carbocycles. The number of halogens is 1. The Hall–Kier alpha value is -0.460. The Kier molecular flexibility index (Phi) is 5.55. The summed E-state index contributed by atoms with van der Waals surface area (Å²) in [6.07, 6.45) is 0.753. The molecule has 1 aromatic heterocycles. The first-order valence-electron chi connectivity index (χ1n) is 5.64. The van der Waals surface area contributed by atoms with Gasteiger partial charge in [0.15, 0.2) is 0 Å². The minimum atomic E-state index is 0.566. The van der Waals surface area contributed by atoms with Gasteiger partial charge in [0, 0.05) is 26.1 Å². The van der Waals surface area contributed by atoms with Crippen LogP contribution in [-0.2, 0) is 13.1 Å². The van der Waals surface area contributed by atoms with Crippen molar-refractivity contribution in [3.05, 3.63) is 15.9 Å². The van der Waals surface area contributed by atoms with Crippen LogP contribution in [0.3, 0.4) is 0 Å². The molecule has 96 valence electrons. The van der Waals surface area contributed by atoms with Crippen LogP contribution in [-0.4, -0.2) is 33.3 Å². The van der Waals surface area contributed by atoms with Crippen molar-refractivity contribution in [1.82, 2.24) is 14.7 Å². The van der Waals surface area contributed by atoms with Gasteiger partial charge in [-0.3, -0.25) is 4.68 Å². The molecule has 1 aromatic rings. The number of thiocarbonyl (C=S) groups is 1. The Labute approximate surface area is 116 Å². The standard InChI is InChI=1S/C11H19BrN4S/c1-4-16-9(11(12)8(2)14-16)7-15(3)6-5-10(13)17/h4-7H2,1-3H3,(H2,13,17). The Morgan fingerprint density at radius 3 is 2.76 bits per heavy atom. The molecule has 0 unspecified atom stereocenters. The summed E-state index contributed by atoms with van der Waals surface area (Å²) in [5.41, 5.74) is 7.74. The largest absolute Gasteiger partial charge is 0.393 e. The van der Waals surface area contributed by atoms with Crippen LogP contribution in [0.2, 0.25) is 0 Å². The number of rotatable bonds is 6. The summed E-state index contributed by atoms with van der Waals surface area (Å²) in [6, 6.07) is 0. The molecular formula is C11H19BrN4S. The van der Waals surface area contributed by atoms with Crippen molar-refractivity contribution in [2.24, 2.45) is 5.73 Å². The average Bonchev–Trinajstić information content (AvgIpc) is 2.54. The maximum Gasteiger partial charge on any atom is 0.0740 e. The van der Waals surface area contributed by atoms with Gasteiger partial charge in [0.1, 0.15) is 0 Å². The first-order valence-corrected chi connectivity index (χ1v) is 6.84. The van der Waals surface area contributed by atoms with Crippen molar-refractivity contribution in [3.63, 3.8) is 0 Å². The maximum atomic E-state index is 5.50. The molecule has 0 bridgehead atoms. The summed E-state index contributed by atoms with van der Waals surface area (Å²) >= 11 is 8.47. The van der Waals surface area contributed by atoms with Crippen LogP contribution in [0.4, 0.5) is 0 Å². The third-order valence-electron chi connectivity index (χ3n) is 2.61. The van der Waals surface area contributed by atoms with Gasteiger partial charge in [-0.15, -0.1) is 0 Å². The van der Waals surface area contributed by atoms with Crippen LogP contribution >= 0.6 is 28.1 Å². The summed E-state index contributed by atoms with van der Waals surface area (Å²) in [5.74, 6) is 0. The highest BCUT2D eigenvalue weighted by atomic mass is 79.9. The van der Waals surface area contributed by atoms with Crippen LogP contribution in [0, 0.1) is 6.92 Å². The number of nitrogens with zero attached hydrogens (tertiary/aromatic N) is 3. The van der Waals surface area contributed by atoms with Crippen molar-refractivity contribution >= 4 is 33.1 Å². The lowest BCUT2D eigenvalue weighted by Gasteiger charge is -2.17. The van der Waals surface area contributed by atoms with Gasteiger partial charge in [0.25, 0.3) is 0 Å². The van der Waals surface area contributed by atoms with Gasteiger partial charge in [0.2, 0.25) is 0 Å². The van der Waals surface area contributed by atoms with E-state index >= 15 is 0 Å². The highest BCUT2D eigenvalue weighted by molar-refractivity contribution is 9.10. The first kappa shape index (κ1) is 14.6. The van der Waals surface area contributed by atoms with Gasteiger partial charge in [-0.25, -0.2) is 0 Å². The molecule has 0 spiro atoms. The molecular weight excluding hydrogens is 300 g/mol. The molecule has 0 aromatic carbocycles. The zero-order valence-corrected chi connectivity index (χ0v) is 12.9. The van der Waals surface area contributed by atoms with Gasteiger partial charge < -0.3 is 10.6 Å². The maximum absolute atomic E-state index is 5.50. The second-order valence-corrected chi connectivity index (χ2v) is 5.43. The van der Waals surface area contributed by atoms with Gasteiger partial charge in [-0.05, 0) is 36.8 Å². The monoisotopic (exact) mass is 318 g/mol. The van der Waals surface area contributed by atoms with Crippen molar-refractivity contribution in [3.8, 4) is 0 Å². The van der Waals surface area contributed by atoms with E-state index in [9.17, 15) is 0 Å². The molecule has 0 saturated heterocycles. The predicted molar refractivity (Wildman–Crippen MR) is 78.1 cm³/mol. The van der Waals surface area contributed by atoms with E-state index in [2.05, 4.69) is 39.9 Å².